The number of anilines is 1. The quantitative estimate of drug-likeness (QED) is 0.294. The molecule has 0 aromatic heterocycles. The number of carbonyl (C=O) groups excluding carboxylic acids is 2. The molecule has 4 rings (SSSR count). The van der Waals surface area contributed by atoms with Crippen LogP contribution in [0.15, 0.2) is 66.2 Å². The summed E-state index contributed by atoms with van der Waals surface area (Å²) in [6.07, 6.45) is 0. The molecule has 0 saturated carbocycles. The Bertz CT molecular complexity index is 1290. The highest BCUT2D eigenvalue weighted by Gasteiger charge is 2.47. The average molecular weight is 478 g/mol. The first kappa shape index (κ1) is 23.4. The summed E-state index contributed by atoms with van der Waals surface area (Å²) in [7, 11) is 3.01. The molecule has 3 aromatic carbocycles. The number of carbonyl (C=O) groups is 2. The van der Waals surface area contributed by atoms with Gasteiger partial charge in [0.1, 0.15) is 17.3 Å². The maximum absolute atomic E-state index is 13.4. The van der Waals surface area contributed by atoms with E-state index >= 15 is 0 Å². The number of aryl methyl sites for hydroxylation is 2. The highest BCUT2D eigenvalue weighted by molar-refractivity contribution is 6.51. The Balaban J connectivity index is 1.99. The molecule has 3 aromatic rings. The van der Waals surface area contributed by atoms with Crippen molar-refractivity contribution in [3.8, 4) is 11.5 Å². The molecule has 1 amide bonds. The first-order valence-electron chi connectivity index (χ1n) is 10.6. The number of rotatable bonds is 5. The number of ketones is 1. The number of hydrogen-bond acceptors (Lipinski definition) is 5. The third kappa shape index (κ3) is 4.13. The molecule has 174 valence electrons. The zero-order valence-electron chi connectivity index (χ0n) is 19.3. The molecule has 6 nitrogen and oxygen atoms in total. The van der Waals surface area contributed by atoms with Gasteiger partial charge in [-0.3, -0.25) is 14.5 Å². The smallest absolute Gasteiger partial charge is 0.300 e. The first-order chi connectivity index (χ1) is 16.2. The molecule has 1 saturated heterocycles. The zero-order chi connectivity index (χ0) is 24.6. The topological polar surface area (TPSA) is 76.1 Å². The van der Waals surface area contributed by atoms with Gasteiger partial charge in [-0.15, -0.1) is 0 Å². The van der Waals surface area contributed by atoms with Crippen molar-refractivity contribution in [3.63, 3.8) is 0 Å². The summed E-state index contributed by atoms with van der Waals surface area (Å²) in [6, 6.07) is 16.6. The molecule has 34 heavy (non-hydrogen) atoms. The Morgan fingerprint density at radius 3 is 2.15 bits per heavy atom. The van der Waals surface area contributed by atoms with Gasteiger partial charge in [-0.25, -0.2) is 0 Å². The number of ether oxygens (including phenoxy) is 2. The minimum absolute atomic E-state index is 0.0464. The van der Waals surface area contributed by atoms with Gasteiger partial charge in [0.25, 0.3) is 11.7 Å². The van der Waals surface area contributed by atoms with E-state index in [1.165, 1.54) is 18.1 Å². The van der Waals surface area contributed by atoms with Gasteiger partial charge in [-0.1, -0.05) is 29.8 Å². The van der Waals surface area contributed by atoms with Crippen molar-refractivity contribution in [1.82, 2.24) is 0 Å². The van der Waals surface area contributed by atoms with Crippen molar-refractivity contribution in [3.05, 3.63) is 93.5 Å². The fraction of sp³-hybridized carbons (Fsp3) is 0.185. The van der Waals surface area contributed by atoms with Gasteiger partial charge in [0.2, 0.25) is 0 Å². The van der Waals surface area contributed by atoms with Crippen molar-refractivity contribution >= 4 is 34.7 Å². The Labute approximate surface area is 203 Å². The summed E-state index contributed by atoms with van der Waals surface area (Å²) < 4.78 is 10.6. The van der Waals surface area contributed by atoms with Crippen molar-refractivity contribution < 1.29 is 24.2 Å². The van der Waals surface area contributed by atoms with Crippen LogP contribution in [-0.2, 0) is 9.59 Å². The second-order valence-electron chi connectivity index (χ2n) is 8.13. The maximum atomic E-state index is 13.4. The lowest BCUT2D eigenvalue weighted by atomic mass is 9.94. The molecule has 1 heterocycles. The molecule has 7 heteroatoms. The highest BCUT2D eigenvalue weighted by atomic mass is 35.5. The van der Waals surface area contributed by atoms with Gasteiger partial charge in [-0.2, -0.15) is 0 Å². The van der Waals surface area contributed by atoms with Crippen LogP contribution in [0.25, 0.3) is 5.76 Å². The van der Waals surface area contributed by atoms with E-state index in [0.29, 0.717) is 27.8 Å². The van der Waals surface area contributed by atoms with E-state index in [1.54, 1.807) is 43.5 Å². The van der Waals surface area contributed by atoms with E-state index in [4.69, 9.17) is 21.1 Å². The fourth-order valence-electron chi connectivity index (χ4n) is 4.30. The zero-order valence-corrected chi connectivity index (χ0v) is 20.0. The molecule has 1 atom stereocenters. The van der Waals surface area contributed by atoms with Crippen molar-refractivity contribution in [2.24, 2.45) is 0 Å². The second-order valence-corrected chi connectivity index (χ2v) is 8.57. The van der Waals surface area contributed by atoms with E-state index in [2.05, 4.69) is 0 Å². The first-order valence-corrected chi connectivity index (χ1v) is 11.0. The van der Waals surface area contributed by atoms with Crippen LogP contribution in [0.3, 0.4) is 0 Å². The lowest BCUT2D eigenvalue weighted by Gasteiger charge is -2.26. The van der Waals surface area contributed by atoms with Crippen LogP contribution in [0.4, 0.5) is 5.69 Å². The number of hydrogen-bond donors (Lipinski definition) is 1. The summed E-state index contributed by atoms with van der Waals surface area (Å²) in [5.74, 6) is -0.921. The van der Waals surface area contributed by atoms with Gasteiger partial charge in [0, 0.05) is 10.7 Å². The van der Waals surface area contributed by atoms with Crippen molar-refractivity contribution in [1.29, 1.82) is 0 Å². The number of aliphatic hydroxyl groups is 1. The van der Waals surface area contributed by atoms with E-state index in [1.807, 2.05) is 32.0 Å². The molecule has 0 spiro atoms. The summed E-state index contributed by atoms with van der Waals surface area (Å²) >= 11 is 6.17. The van der Waals surface area contributed by atoms with Crippen LogP contribution >= 0.6 is 11.6 Å². The van der Waals surface area contributed by atoms with E-state index < -0.39 is 17.7 Å². The third-order valence-corrected chi connectivity index (χ3v) is 6.01. The molecule has 1 aliphatic heterocycles. The predicted molar refractivity (Wildman–Crippen MR) is 132 cm³/mol. The number of nitrogens with zero attached hydrogens (tertiary/aromatic N) is 1. The summed E-state index contributed by atoms with van der Waals surface area (Å²) in [4.78, 5) is 28.1. The van der Waals surface area contributed by atoms with Gasteiger partial charge >= 0.3 is 0 Å². The van der Waals surface area contributed by atoms with Crippen LogP contribution < -0.4 is 14.4 Å². The molecule has 0 bridgehead atoms. The summed E-state index contributed by atoms with van der Waals surface area (Å²) in [5.41, 5.74) is 3.28. The van der Waals surface area contributed by atoms with Gasteiger partial charge in [-0.05, 0) is 73.0 Å². The number of Topliss-reactive ketones (excluding diaryl/α,β-unsaturated/α-hetero) is 1. The Kier molecular flexibility index (Phi) is 6.35. The minimum Gasteiger partial charge on any atom is -0.507 e. The largest absolute Gasteiger partial charge is 0.507 e. The highest BCUT2D eigenvalue weighted by Crippen LogP contribution is 2.44. The van der Waals surface area contributed by atoms with Crippen molar-refractivity contribution in [2.75, 3.05) is 19.1 Å². The van der Waals surface area contributed by atoms with E-state index in [0.717, 1.165) is 11.1 Å². The van der Waals surface area contributed by atoms with Gasteiger partial charge < -0.3 is 14.6 Å². The molecular weight excluding hydrogens is 454 g/mol. The fourth-order valence-corrected chi connectivity index (χ4v) is 4.47. The molecule has 1 N–H and O–H groups in total. The normalized spacial score (nSPS) is 17.2. The van der Waals surface area contributed by atoms with Gasteiger partial charge in [0.15, 0.2) is 0 Å². The van der Waals surface area contributed by atoms with E-state index in [-0.39, 0.29) is 16.9 Å². The standard InChI is InChI=1S/C27H24ClNO5/c1-15-11-16(2)13-19(12-15)29-24(17-5-8-20(33-3)9-6-17)23(26(31)27(29)32)25(30)21-14-18(28)7-10-22(21)34-4/h5-14,24,30H,1-4H3/b25-23+. The monoisotopic (exact) mass is 477 g/mol. The van der Waals surface area contributed by atoms with Crippen LogP contribution in [0, 0.1) is 13.8 Å². The third-order valence-electron chi connectivity index (χ3n) is 5.78. The maximum Gasteiger partial charge on any atom is 0.300 e. The summed E-state index contributed by atoms with van der Waals surface area (Å²) in [6.45, 7) is 3.85. The number of halogens is 1. The van der Waals surface area contributed by atoms with Crippen LogP contribution in [0.5, 0.6) is 11.5 Å². The molecule has 1 aliphatic rings. The van der Waals surface area contributed by atoms with Gasteiger partial charge in [0.05, 0.1) is 31.4 Å². The van der Waals surface area contributed by atoms with Crippen LogP contribution in [-0.4, -0.2) is 31.0 Å². The number of aliphatic hydroxyl groups excluding tert-OH is 1. The molecule has 1 unspecified atom stereocenters. The minimum atomic E-state index is -0.865. The van der Waals surface area contributed by atoms with Crippen molar-refractivity contribution in [2.45, 2.75) is 19.9 Å². The second kappa shape index (κ2) is 9.23. The molecule has 0 radical (unpaired) electrons. The SMILES string of the molecule is COc1ccc(C2/C(=C(\O)c3cc(Cl)ccc3OC)C(=O)C(=O)N2c2cc(C)cc(C)c2)cc1. The van der Waals surface area contributed by atoms with Crippen LogP contribution in [0.2, 0.25) is 5.02 Å². The Hall–Kier alpha value is -3.77. The number of methoxy groups -OCH3 is 2. The molecular formula is C27H24ClNO5. The number of benzene rings is 3. The molecule has 0 aliphatic carbocycles. The number of amides is 1. The predicted octanol–water partition coefficient (Wildman–Crippen LogP) is 5.60. The lowest BCUT2D eigenvalue weighted by molar-refractivity contribution is -0.132. The Morgan fingerprint density at radius 1 is 0.912 bits per heavy atom. The Morgan fingerprint density at radius 2 is 1.56 bits per heavy atom. The average Bonchev–Trinajstić information content (AvgIpc) is 3.08. The summed E-state index contributed by atoms with van der Waals surface area (Å²) in [5, 5.41) is 11.7. The molecule has 1 fully saturated rings. The van der Waals surface area contributed by atoms with Crippen LogP contribution in [0.1, 0.15) is 28.3 Å². The lowest BCUT2D eigenvalue weighted by Crippen LogP contribution is -2.29. The van der Waals surface area contributed by atoms with E-state index in [9.17, 15) is 14.7 Å².